The van der Waals surface area contributed by atoms with Crippen LogP contribution in [-0.4, -0.2) is 23.2 Å². The van der Waals surface area contributed by atoms with Crippen LogP contribution in [0.25, 0.3) is 0 Å². The molecule has 2 N–H and O–H groups in total. The van der Waals surface area contributed by atoms with Gasteiger partial charge in [0.05, 0.1) is 6.04 Å². The van der Waals surface area contributed by atoms with E-state index in [-0.39, 0.29) is 12.0 Å². The second kappa shape index (κ2) is 2.86. The molecule has 0 bridgehead atoms. The molecular formula is C6H11N3O2. The molecule has 0 amide bonds. The fourth-order valence-corrected chi connectivity index (χ4v) is 1.02. The van der Waals surface area contributed by atoms with Gasteiger partial charge in [-0.25, -0.2) is 4.79 Å². The van der Waals surface area contributed by atoms with E-state index in [1.165, 1.54) is 0 Å². The lowest BCUT2D eigenvalue weighted by molar-refractivity contribution is -0.139. The van der Waals surface area contributed by atoms with Crippen molar-refractivity contribution in [3.63, 3.8) is 0 Å². The highest BCUT2D eigenvalue weighted by molar-refractivity contribution is 5.74. The molecule has 2 atom stereocenters. The standard InChI is InChI=1S/C6H11N3O2/c1-3(2)4-5(6(10)11)8-9-7-4/h3-5H,1-2H3,(H,7,8)(H,10,11). The molecule has 11 heavy (non-hydrogen) atoms. The van der Waals surface area contributed by atoms with Crippen LogP contribution < -0.4 is 5.43 Å². The average Bonchev–Trinajstić information content (AvgIpc) is 2.32. The first-order chi connectivity index (χ1) is 5.13. The summed E-state index contributed by atoms with van der Waals surface area (Å²) in [6.07, 6.45) is 0. The fourth-order valence-electron chi connectivity index (χ4n) is 1.02. The van der Waals surface area contributed by atoms with E-state index in [2.05, 4.69) is 15.8 Å². The predicted molar refractivity (Wildman–Crippen MR) is 38.0 cm³/mol. The van der Waals surface area contributed by atoms with E-state index in [4.69, 9.17) is 5.11 Å². The Bertz CT molecular complexity index is 190. The number of carboxylic acid groups (broad SMARTS) is 1. The largest absolute Gasteiger partial charge is 0.480 e. The summed E-state index contributed by atoms with van der Waals surface area (Å²) in [6, 6.07) is -0.873. The number of hydrogen-bond donors (Lipinski definition) is 2. The van der Waals surface area contributed by atoms with Crippen molar-refractivity contribution in [1.29, 1.82) is 0 Å². The molecule has 1 rings (SSSR count). The SMILES string of the molecule is CC(C)C1NN=NC1C(=O)O. The van der Waals surface area contributed by atoms with E-state index in [0.29, 0.717) is 0 Å². The van der Waals surface area contributed by atoms with Crippen molar-refractivity contribution in [3.8, 4) is 0 Å². The lowest BCUT2D eigenvalue weighted by atomic mass is 9.98. The van der Waals surface area contributed by atoms with Gasteiger partial charge in [-0.1, -0.05) is 19.1 Å². The Morgan fingerprint density at radius 1 is 1.64 bits per heavy atom. The predicted octanol–water partition coefficient (Wildman–Crippen LogP) is 0.435. The van der Waals surface area contributed by atoms with Crippen LogP contribution in [0.15, 0.2) is 10.3 Å². The van der Waals surface area contributed by atoms with Gasteiger partial charge in [0.1, 0.15) is 0 Å². The summed E-state index contributed by atoms with van der Waals surface area (Å²) in [5.74, 6) is -0.691. The molecule has 2 unspecified atom stereocenters. The monoisotopic (exact) mass is 157 g/mol. The number of carboxylic acids is 1. The van der Waals surface area contributed by atoms with Crippen LogP contribution in [0, 0.1) is 5.92 Å². The van der Waals surface area contributed by atoms with Crippen molar-refractivity contribution in [3.05, 3.63) is 0 Å². The van der Waals surface area contributed by atoms with Gasteiger partial charge < -0.3 is 5.11 Å². The topological polar surface area (TPSA) is 74.0 Å². The van der Waals surface area contributed by atoms with Crippen LogP contribution in [0.2, 0.25) is 0 Å². The van der Waals surface area contributed by atoms with Gasteiger partial charge >= 0.3 is 5.97 Å². The first-order valence-corrected chi connectivity index (χ1v) is 3.51. The maximum absolute atomic E-state index is 10.5. The van der Waals surface area contributed by atoms with Crippen LogP contribution >= 0.6 is 0 Å². The van der Waals surface area contributed by atoms with E-state index in [9.17, 15) is 4.79 Å². The maximum atomic E-state index is 10.5. The zero-order valence-corrected chi connectivity index (χ0v) is 6.48. The maximum Gasteiger partial charge on any atom is 0.332 e. The van der Waals surface area contributed by atoms with Crippen LogP contribution in [0.5, 0.6) is 0 Å². The number of rotatable bonds is 2. The first kappa shape index (κ1) is 7.97. The molecule has 1 aliphatic rings. The molecule has 0 spiro atoms. The summed E-state index contributed by atoms with van der Waals surface area (Å²) in [5.41, 5.74) is 2.66. The molecule has 0 aromatic heterocycles. The molecule has 0 aliphatic carbocycles. The zero-order chi connectivity index (χ0) is 8.43. The second-order valence-corrected chi connectivity index (χ2v) is 2.90. The molecule has 0 radical (unpaired) electrons. The smallest absolute Gasteiger partial charge is 0.332 e. The van der Waals surface area contributed by atoms with Crippen molar-refractivity contribution in [2.75, 3.05) is 0 Å². The Morgan fingerprint density at radius 2 is 2.27 bits per heavy atom. The zero-order valence-electron chi connectivity index (χ0n) is 6.48. The lowest BCUT2D eigenvalue weighted by Crippen LogP contribution is -2.40. The third kappa shape index (κ3) is 1.47. The molecule has 1 heterocycles. The Balaban J connectivity index is 2.63. The molecule has 62 valence electrons. The second-order valence-electron chi connectivity index (χ2n) is 2.90. The van der Waals surface area contributed by atoms with E-state index in [1.54, 1.807) is 0 Å². The Hall–Kier alpha value is -1.13. The minimum absolute atomic E-state index is 0.160. The normalized spacial score (nSPS) is 29.0. The molecule has 0 aromatic rings. The third-order valence-corrected chi connectivity index (χ3v) is 1.70. The summed E-state index contributed by atoms with van der Waals surface area (Å²) < 4.78 is 0. The van der Waals surface area contributed by atoms with E-state index in [0.717, 1.165) is 0 Å². The van der Waals surface area contributed by atoms with Gasteiger partial charge in [-0.05, 0) is 5.92 Å². The molecule has 5 nitrogen and oxygen atoms in total. The molecule has 0 aromatic carbocycles. The number of hydrogen-bond acceptors (Lipinski definition) is 4. The Morgan fingerprint density at radius 3 is 2.64 bits per heavy atom. The fraction of sp³-hybridized carbons (Fsp3) is 0.833. The van der Waals surface area contributed by atoms with E-state index >= 15 is 0 Å². The quantitative estimate of drug-likeness (QED) is 0.610. The minimum Gasteiger partial charge on any atom is -0.480 e. The van der Waals surface area contributed by atoms with Crippen LogP contribution in [0.4, 0.5) is 0 Å². The summed E-state index contributed by atoms with van der Waals surface area (Å²) >= 11 is 0. The summed E-state index contributed by atoms with van der Waals surface area (Å²) in [7, 11) is 0. The van der Waals surface area contributed by atoms with Crippen molar-refractivity contribution < 1.29 is 9.90 Å². The summed E-state index contributed by atoms with van der Waals surface area (Å²) in [6.45, 7) is 3.87. The third-order valence-electron chi connectivity index (χ3n) is 1.70. The van der Waals surface area contributed by atoms with Crippen molar-refractivity contribution >= 4 is 5.97 Å². The summed E-state index contributed by atoms with van der Waals surface area (Å²) in [5, 5.41) is 15.7. The van der Waals surface area contributed by atoms with Crippen molar-refractivity contribution in [1.82, 2.24) is 5.43 Å². The number of nitrogens with one attached hydrogen (secondary N) is 1. The van der Waals surface area contributed by atoms with Crippen molar-refractivity contribution in [2.24, 2.45) is 16.3 Å². The molecule has 5 heteroatoms. The summed E-state index contributed by atoms with van der Waals surface area (Å²) in [4.78, 5) is 10.5. The van der Waals surface area contributed by atoms with Crippen molar-refractivity contribution in [2.45, 2.75) is 25.9 Å². The van der Waals surface area contributed by atoms with Gasteiger partial charge in [0.2, 0.25) is 0 Å². The van der Waals surface area contributed by atoms with Crippen LogP contribution in [0.3, 0.4) is 0 Å². The van der Waals surface area contributed by atoms with Crippen LogP contribution in [0.1, 0.15) is 13.8 Å². The highest BCUT2D eigenvalue weighted by Crippen LogP contribution is 2.14. The number of carbonyl (C=O) groups is 1. The number of aliphatic carboxylic acids is 1. The van der Waals surface area contributed by atoms with Gasteiger partial charge in [-0.3, -0.25) is 5.43 Å². The molecule has 0 saturated carbocycles. The van der Waals surface area contributed by atoms with Crippen LogP contribution in [-0.2, 0) is 4.79 Å². The van der Waals surface area contributed by atoms with Gasteiger partial charge in [0.25, 0.3) is 0 Å². The molecule has 0 saturated heterocycles. The average molecular weight is 157 g/mol. The Labute approximate surface area is 64.5 Å². The van der Waals surface area contributed by atoms with E-state index in [1.807, 2.05) is 13.8 Å². The van der Waals surface area contributed by atoms with E-state index < -0.39 is 12.0 Å². The Kier molecular flexibility index (Phi) is 2.07. The van der Waals surface area contributed by atoms with Gasteiger partial charge in [-0.2, -0.15) is 5.11 Å². The number of nitrogens with zero attached hydrogens (tertiary/aromatic N) is 2. The molecular weight excluding hydrogens is 146 g/mol. The van der Waals surface area contributed by atoms with Gasteiger partial charge in [0, 0.05) is 0 Å². The van der Waals surface area contributed by atoms with Gasteiger partial charge in [-0.15, -0.1) is 0 Å². The van der Waals surface area contributed by atoms with Gasteiger partial charge in [0.15, 0.2) is 6.04 Å². The minimum atomic E-state index is -0.919. The lowest BCUT2D eigenvalue weighted by Gasteiger charge is -2.16. The first-order valence-electron chi connectivity index (χ1n) is 3.51. The molecule has 0 fully saturated rings. The highest BCUT2D eigenvalue weighted by Gasteiger charge is 2.33. The molecule has 1 aliphatic heterocycles. The highest BCUT2D eigenvalue weighted by atomic mass is 16.4.